The van der Waals surface area contributed by atoms with Crippen molar-refractivity contribution in [2.75, 3.05) is 28.5 Å². The van der Waals surface area contributed by atoms with Crippen molar-refractivity contribution in [2.45, 2.75) is 6.42 Å². The highest BCUT2D eigenvalue weighted by atomic mass is 79.9. The third-order valence-corrected chi connectivity index (χ3v) is 7.52. The lowest BCUT2D eigenvalue weighted by atomic mass is 10.1. The van der Waals surface area contributed by atoms with Gasteiger partial charge >= 0.3 is 0 Å². The van der Waals surface area contributed by atoms with E-state index in [1.165, 1.54) is 22.5 Å². The van der Waals surface area contributed by atoms with E-state index in [4.69, 9.17) is 4.74 Å². The smallest absolute Gasteiger partial charge is 0.262 e. The highest BCUT2D eigenvalue weighted by Crippen LogP contribution is 2.34. The lowest BCUT2D eigenvalue weighted by Gasteiger charge is -2.18. The number of phenols is 1. The Kier molecular flexibility index (Phi) is 5.57. The Bertz CT molecular complexity index is 1230. The summed E-state index contributed by atoms with van der Waals surface area (Å²) in [5.41, 5.74) is 0.527. The molecule has 30 heavy (non-hydrogen) atoms. The molecule has 156 valence electrons. The highest BCUT2D eigenvalue weighted by molar-refractivity contribution is 9.10. The second-order valence-corrected chi connectivity index (χ2v) is 9.68. The first-order valence-corrected chi connectivity index (χ1v) is 11.7. The quantitative estimate of drug-likeness (QED) is 0.529. The largest absolute Gasteiger partial charge is 0.506 e. The number of hydrogen-bond donors (Lipinski definition) is 2. The van der Waals surface area contributed by atoms with E-state index in [-0.39, 0.29) is 23.8 Å². The second-order valence-electron chi connectivity index (χ2n) is 6.88. The van der Waals surface area contributed by atoms with Crippen LogP contribution in [0.3, 0.4) is 0 Å². The Hall–Kier alpha value is -2.78. The van der Waals surface area contributed by atoms with Gasteiger partial charge in [0.15, 0.2) is 6.61 Å². The number of benzene rings is 3. The predicted molar refractivity (Wildman–Crippen MR) is 120 cm³/mol. The van der Waals surface area contributed by atoms with Crippen LogP contribution in [0.25, 0.3) is 10.8 Å². The summed E-state index contributed by atoms with van der Waals surface area (Å²) in [5.74, 6) is -0.0308. The van der Waals surface area contributed by atoms with Gasteiger partial charge in [0.25, 0.3) is 5.91 Å². The number of sulfonamides is 1. The molecule has 1 aliphatic heterocycles. The van der Waals surface area contributed by atoms with Crippen molar-refractivity contribution in [3.63, 3.8) is 0 Å². The molecule has 3 aromatic carbocycles. The summed E-state index contributed by atoms with van der Waals surface area (Å²) < 4.78 is 31.9. The number of nitrogens with zero attached hydrogens (tertiary/aromatic N) is 1. The first kappa shape index (κ1) is 20.5. The van der Waals surface area contributed by atoms with Crippen molar-refractivity contribution < 1.29 is 23.1 Å². The number of carbonyl (C=O) groups excluding carboxylic acids is 1. The van der Waals surface area contributed by atoms with Crippen LogP contribution < -0.4 is 14.4 Å². The summed E-state index contributed by atoms with van der Waals surface area (Å²) in [6, 6.07) is 15.8. The van der Waals surface area contributed by atoms with E-state index in [1.54, 1.807) is 6.07 Å². The third kappa shape index (κ3) is 4.08. The van der Waals surface area contributed by atoms with Gasteiger partial charge in [0.1, 0.15) is 11.5 Å². The van der Waals surface area contributed by atoms with E-state index in [1.807, 2.05) is 30.3 Å². The van der Waals surface area contributed by atoms with E-state index < -0.39 is 15.9 Å². The second kappa shape index (κ2) is 8.16. The molecule has 1 fully saturated rings. The summed E-state index contributed by atoms with van der Waals surface area (Å²) in [5, 5.41) is 14.7. The Morgan fingerprint density at radius 1 is 1.17 bits per heavy atom. The van der Waals surface area contributed by atoms with Crippen LogP contribution in [0, 0.1) is 0 Å². The molecule has 0 aromatic heterocycles. The number of phenolic OH excluding ortho intramolecular Hbond substituents is 1. The van der Waals surface area contributed by atoms with Crippen LogP contribution in [-0.4, -0.2) is 38.3 Å². The maximum Gasteiger partial charge on any atom is 0.262 e. The van der Waals surface area contributed by atoms with Gasteiger partial charge in [-0.25, -0.2) is 8.42 Å². The maximum absolute atomic E-state index is 12.4. The first-order valence-electron chi connectivity index (χ1n) is 9.28. The van der Waals surface area contributed by atoms with Gasteiger partial charge in [-0.1, -0.05) is 30.3 Å². The van der Waals surface area contributed by atoms with Crippen LogP contribution in [-0.2, 0) is 14.8 Å². The van der Waals surface area contributed by atoms with Crippen molar-refractivity contribution >= 4 is 54.0 Å². The average molecular weight is 491 g/mol. The molecule has 0 unspecified atom stereocenters. The van der Waals surface area contributed by atoms with Crippen LogP contribution in [0.1, 0.15) is 6.42 Å². The molecule has 9 heteroatoms. The van der Waals surface area contributed by atoms with Gasteiger partial charge in [0.2, 0.25) is 10.0 Å². The molecule has 0 spiro atoms. The van der Waals surface area contributed by atoms with Crippen molar-refractivity contribution in [1.82, 2.24) is 0 Å². The zero-order valence-corrected chi connectivity index (χ0v) is 18.2. The monoisotopic (exact) mass is 490 g/mol. The number of carbonyl (C=O) groups is 1. The lowest BCUT2D eigenvalue weighted by Crippen LogP contribution is -2.25. The van der Waals surface area contributed by atoms with Crippen LogP contribution >= 0.6 is 15.9 Å². The van der Waals surface area contributed by atoms with Crippen molar-refractivity contribution in [3.05, 3.63) is 59.1 Å². The maximum atomic E-state index is 12.4. The van der Waals surface area contributed by atoms with Gasteiger partial charge < -0.3 is 15.2 Å². The summed E-state index contributed by atoms with van der Waals surface area (Å²) in [4.78, 5) is 12.4. The minimum Gasteiger partial charge on any atom is -0.506 e. The highest BCUT2D eigenvalue weighted by Gasteiger charge is 2.29. The van der Waals surface area contributed by atoms with Crippen molar-refractivity contribution in [2.24, 2.45) is 0 Å². The molecule has 3 aromatic rings. The topological polar surface area (TPSA) is 95.9 Å². The van der Waals surface area contributed by atoms with E-state index >= 15 is 0 Å². The molecule has 1 saturated heterocycles. The number of halogens is 1. The Morgan fingerprint density at radius 2 is 1.97 bits per heavy atom. The molecule has 1 aliphatic rings. The number of nitrogens with one attached hydrogen (secondary N) is 1. The fourth-order valence-corrected chi connectivity index (χ4v) is 5.53. The molecule has 0 aliphatic carbocycles. The molecule has 7 nitrogen and oxygen atoms in total. The lowest BCUT2D eigenvalue weighted by molar-refractivity contribution is -0.118. The van der Waals surface area contributed by atoms with Crippen molar-refractivity contribution in [1.29, 1.82) is 0 Å². The third-order valence-electron chi connectivity index (χ3n) is 4.83. The summed E-state index contributed by atoms with van der Waals surface area (Å²) in [6.07, 6.45) is 0.541. The van der Waals surface area contributed by atoms with Crippen LogP contribution in [0.2, 0.25) is 0 Å². The van der Waals surface area contributed by atoms with E-state index in [0.29, 0.717) is 24.4 Å². The minimum atomic E-state index is -3.36. The SMILES string of the molecule is O=C(COc1ccc2ccccc2c1Br)Nc1cc(N2CCCS2(=O)=O)ccc1O. The Balaban J connectivity index is 1.47. The van der Waals surface area contributed by atoms with E-state index in [9.17, 15) is 18.3 Å². The van der Waals surface area contributed by atoms with Crippen LogP contribution in [0.15, 0.2) is 59.1 Å². The zero-order valence-electron chi connectivity index (χ0n) is 15.8. The molecule has 2 N–H and O–H groups in total. The van der Waals surface area contributed by atoms with Gasteiger partial charge in [-0.15, -0.1) is 0 Å². The molecule has 0 saturated carbocycles. The van der Waals surface area contributed by atoms with Crippen LogP contribution in [0.4, 0.5) is 11.4 Å². The fraction of sp³-hybridized carbons (Fsp3) is 0.190. The van der Waals surface area contributed by atoms with Crippen molar-refractivity contribution in [3.8, 4) is 11.5 Å². The number of fused-ring (bicyclic) bond motifs is 1. The Morgan fingerprint density at radius 3 is 2.73 bits per heavy atom. The number of hydrogen-bond acceptors (Lipinski definition) is 5. The van der Waals surface area contributed by atoms with E-state index in [0.717, 1.165) is 15.2 Å². The van der Waals surface area contributed by atoms with Gasteiger partial charge in [0.05, 0.1) is 21.6 Å². The molecule has 1 heterocycles. The number of ether oxygens (including phenoxy) is 1. The number of amides is 1. The molecule has 0 bridgehead atoms. The standard InChI is InChI=1S/C21H19BrN2O5S/c22-21-16-5-2-1-4-14(16)6-9-19(21)29-13-20(26)23-17-12-15(7-8-18(17)25)24-10-3-11-30(24,27)28/h1-2,4-9,12,25H,3,10-11,13H2,(H,23,26). The van der Waals surface area contributed by atoms with E-state index in [2.05, 4.69) is 21.2 Å². The fourth-order valence-electron chi connectivity index (χ4n) is 3.36. The molecule has 1 amide bonds. The van der Waals surface area contributed by atoms with Gasteiger partial charge in [-0.2, -0.15) is 0 Å². The Labute approximate surface area is 182 Å². The van der Waals surface area contributed by atoms with Crippen LogP contribution in [0.5, 0.6) is 11.5 Å². The minimum absolute atomic E-state index is 0.0873. The first-order chi connectivity index (χ1) is 14.3. The molecule has 0 radical (unpaired) electrons. The number of aromatic hydroxyl groups is 1. The molecule has 0 atom stereocenters. The zero-order chi connectivity index (χ0) is 21.3. The van der Waals surface area contributed by atoms with Gasteiger partial charge in [0, 0.05) is 6.54 Å². The average Bonchev–Trinajstić information content (AvgIpc) is 3.08. The molecular formula is C21H19BrN2O5S. The number of anilines is 2. The summed E-state index contributed by atoms with van der Waals surface area (Å²) in [6.45, 7) is 0.0994. The summed E-state index contributed by atoms with van der Waals surface area (Å²) in [7, 11) is -3.36. The predicted octanol–water partition coefficient (Wildman–Crippen LogP) is 3.87. The number of rotatable bonds is 5. The summed E-state index contributed by atoms with van der Waals surface area (Å²) >= 11 is 3.51. The van der Waals surface area contributed by atoms with Gasteiger partial charge in [-0.05, 0) is 57.4 Å². The normalized spacial score (nSPS) is 15.3. The van der Waals surface area contributed by atoms with Gasteiger partial charge in [-0.3, -0.25) is 9.10 Å². The molecule has 4 rings (SSSR count). The molecular weight excluding hydrogens is 472 g/mol.